The Hall–Kier alpha value is -4.69. The van der Waals surface area contributed by atoms with E-state index in [0.29, 0.717) is 24.0 Å². The Balaban J connectivity index is 1.58. The lowest BCUT2D eigenvalue weighted by Gasteiger charge is -2.34. The first-order valence-electron chi connectivity index (χ1n) is 15.7. The van der Waals surface area contributed by atoms with Crippen LogP contribution in [0.25, 0.3) is 10.8 Å². The molecule has 3 amide bonds. The summed E-state index contributed by atoms with van der Waals surface area (Å²) in [6, 6.07) is 26.7. The molecule has 0 aliphatic heterocycles. The molecule has 3 atom stereocenters. The Morgan fingerprint density at radius 3 is 2.17 bits per heavy atom. The number of aliphatic hydroxyl groups is 1. The largest absolute Gasteiger partial charge is 0.508 e. The number of phenolic OH excluding ortho intramolecular Hbond substituents is 1. The van der Waals surface area contributed by atoms with Crippen molar-refractivity contribution in [2.45, 2.75) is 77.6 Å². The average molecular weight is 624 g/mol. The first-order chi connectivity index (χ1) is 21.8. The molecular weight excluding hydrogens is 578 g/mol. The summed E-state index contributed by atoms with van der Waals surface area (Å²) in [7, 11) is 0. The van der Waals surface area contributed by atoms with E-state index in [2.05, 4.69) is 10.6 Å². The number of aliphatic hydroxyl groups excluding tert-OH is 1. The van der Waals surface area contributed by atoms with Crippen molar-refractivity contribution in [3.63, 3.8) is 0 Å². The van der Waals surface area contributed by atoms with Crippen molar-refractivity contribution < 1.29 is 24.6 Å². The third kappa shape index (κ3) is 9.17. The number of carbonyl (C=O) groups excluding carboxylic acids is 3. The zero-order valence-electron chi connectivity index (χ0n) is 27.3. The van der Waals surface area contributed by atoms with E-state index in [1.165, 1.54) is 17.9 Å². The van der Waals surface area contributed by atoms with Gasteiger partial charge in [0.25, 0.3) is 5.91 Å². The number of hydrogen-bond donors (Lipinski definition) is 4. The zero-order valence-corrected chi connectivity index (χ0v) is 27.3. The van der Waals surface area contributed by atoms with Crippen molar-refractivity contribution in [3.8, 4) is 5.75 Å². The topological polar surface area (TPSA) is 119 Å². The predicted octanol–water partition coefficient (Wildman–Crippen LogP) is 5.32. The molecule has 0 bridgehead atoms. The van der Waals surface area contributed by atoms with Crippen molar-refractivity contribution in [3.05, 3.63) is 113 Å². The van der Waals surface area contributed by atoms with Crippen LogP contribution in [0.1, 0.15) is 61.2 Å². The molecule has 0 aliphatic carbocycles. The molecule has 4 aromatic rings. The number of fused-ring (bicyclic) bond motifs is 1. The molecule has 242 valence electrons. The van der Waals surface area contributed by atoms with Crippen LogP contribution in [0.4, 0.5) is 0 Å². The number of nitrogens with one attached hydrogen (secondary N) is 2. The summed E-state index contributed by atoms with van der Waals surface area (Å²) >= 11 is 0. The van der Waals surface area contributed by atoms with E-state index in [9.17, 15) is 24.6 Å². The van der Waals surface area contributed by atoms with Crippen molar-refractivity contribution in [2.75, 3.05) is 6.54 Å². The number of nitrogens with zero attached hydrogens (tertiary/aromatic N) is 1. The number of rotatable bonds is 12. The highest BCUT2D eigenvalue weighted by atomic mass is 16.3. The van der Waals surface area contributed by atoms with Crippen molar-refractivity contribution in [1.82, 2.24) is 15.5 Å². The Bertz CT molecular complexity index is 1660. The summed E-state index contributed by atoms with van der Waals surface area (Å²) < 4.78 is 0. The van der Waals surface area contributed by atoms with Crippen molar-refractivity contribution in [2.24, 2.45) is 0 Å². The fourth-order valence-corrected chi connectivity index (χ4v) is 5.66. The van der Waals surface area contributed by atoms with E-state index in [1.807, 2.05) is 93.6 Å². The van der Waals surface area contributed by atoms with Crippen LogP contribution in [0.5, 0.6) is 5.75 Å². The Morgan fingerprint density at radius 2 is 1.50 bits per heavy atom. The summed E-state index contributed by atoms with van der Waals surface area (Å²) in [6.45, 7) is 8.87. The van der Waals surface area contributed by atoms with Crippen LogP contribution in [-0.2, 0) is 22.4 Å². The van der Waals surface area contributed by atoms with Gasteiger partial charge in [0, 0.05) is 36.6 Å². The van der Waals surface area contributed by atoms with E-state index in [0.717, 1.165) is 21.9 Å². The molecular formula is C38H45N3O5. The van der Waals surface area contributed by atoms with E-state index in [-0.39, 0.29) is 30.5 Å². The van der Waals surface area contributed by atoms with Crippen LogP contribution >= 0.6 is 0 Å². The Labute approximate surface area is 271 Å². The van der Waals surface area contributed by atoms with Gasteiger partial charge in [-0.05, 0) is 74.6 Å². The van der Waals surface area contributed by atoms with Gasteiger partial charge in [-0.15, -0.1) is 0 Å². The molecule has 0 radical (unpaired) electrons. The number of benzene rings is 4. The van der Waals surface area contributed by atoms with Gasteiger partial charge >= 0.3 is 0 Å². The minimum Gasteiger partial charge on any atom is -0.508 e. The summed E-state index contributed by atoms with van der Waals surface area (Å²) in [6.07, 6.45) is -0.288. The maximum atomic E-state index is 13.7. The molecule has 0 heterocycles. The minimum atomic E-state index is -1.05. The van der Waals surface area contributed by atoms with Gasteiger partial charge in [-0.2, -0.15) is 0 Å². The molecule has 46 heavy (non-hydrogen) atoms. The fourth-order valence-electron chi connectivity index (χ4n) is 5.66. The lowest BCUT2D eigenvalue weighted by molar-refractivity contribution is -0.140. The second-order valence-electron chi connectivity index (χ2n) is 12.9. The first-order valence-corrected chi connectivity index (χ1v) is 15.7. The molecule has 0 aliphatic rings. The number of carbonyl (C=O) groups is 3. The van der Waals surface area contributed by atoms with Crippen LogP contribution in [0.3, 0.4) is 0 Å². The molecule has 8 nitrogen and oxygen atoms in total. The smallest absolute Gasteiger partial charge is 0.252 e. The van der Waals surface area contributed by atoms with Gasteiger partial charge in [0.05, 0.1) is 12.1 Å². The standard InChI is InChI=1S/C38H45N3O5/c1-25-31(16-11-17-34(25)43)36(45)39-32(23-27-12-7-6-8-13-27)35(44)20-21-41(26(2)42)33(37(46)40-38(3,4)5)24-28-18-19-29-14-9-10-15-30(29)22-28/h6-19,22,32-33,35,43-44H,20-21,23-24H2,1-5H3,(H,39,45)(H,40,46)/t32-,33-,35+/m0/s1. The van der Waals surface area contributed by atoms with Crippen LogP contribution in [0, 0.1) is 6.92 Å². The van der Waals surface area contributed by atoms with Crippen LogP contribution < -0.4 is 10.6 Å². The maximum absolute atomic E-state index is 13.7. The van der Waals surface area contributed by atoms with Gasteiger partial charge < -0.3 is 25.7 Å². The summed E-state index contributed by atoms with van der Waals surface area (Å²) in [5.41, 5.74) is 2.06. The zero-order chi connectivity index (χ0) is 33.4. The van der Waals surface area contributed by atoms with Crippen molar-refractivity contribution in [1.29, 1.82) is 0 Å². The van der Waals surface area contributed by atoms with Gasteiger partial charge in [0.15, 0.2) is 0 Å². The van der Waals surface area contributed by atoms with E-state index < -0.39 is 29.6 Å². The van der Waals surface area contributed by atoms with Gasteiger partial charge in [0.1, 0.15) is 11.8 Å². The van der Waals surface area contributed by atoms with Gasteiger partial charge in [-0.3, -0.25) is 14.4 Å². The third-order valence-electron chi connectivity index (χ3n) is 8.12. The molecule has 0 aromatic heterocycles. The highest BCUT2D eigenvalue weighted by Gasteiger charge is 2.32. The molecule has 0 spiro atoms. The minimum absolute atomic E-state index is 0.0101. The quantitative estimate of drug-likeness (QED) is 0.170. The predicted molar refractivity (Wildman–Crippen MR) is 182 cm³/mol. The molecule has 4 N–H and O–H groups in total. The van der Waals surface area contributed by atoms with Crippen LogP contribution in [0.2, 0.25) is 0 Å². The molecule has 4 rings (SSSR count). The van der Waals surface area contributed by atoms with Crippen molar-refractivity contribution >= 4 is 28.5 Å². The molecule has 4 aromatic carbocycles. The number of aromatic hydroxyl groups is 1. The van der Waals surface area contributed by atoms with Crippen LogP contribution in [-0.4, -0.2) is 63.1 Å². The maximum Gasteiger partial charge on any atom is 0.252 e. The second-order valence-corrected chi connectivity index (χ2v) is 12.9. The number of amides is 3. The highest BCUT2D eigenvalue weighted by Crippen LogP contribution is 2.22. The number of phenols is 1. The molecule has 0 unspecified atom stereocenters. The van der Waals surface area contributed by atoms with E-state index >= 15 is 0 Å². The monoisotopic (exact) mass is 623 g/mol. The average Bonchev–Trinajstić information content (AvgIpc) is 3.00. The fraction of sp³-hybridized carbons (Fsp3) is 0.342. The first kappa shape index (κ1) is 34.2. The SMILES string of the molecule is CC(=O)N(CC[C@@H](O)[C@H](Cc1ccccc1)NC(=O)c1cccc(O)c1C)[C@@H](Cc1ccc2ccccc2c1)C(=O)NC(C)(C)C. The molecule has 0 saturated heterocycles. The molecule has 0 fully saturated rings. The highest BCUT2D eigenvalue weighted by molar-refractivity contribution is 5.96. The van der Waals surface area contributed by atoms with Crippen LogP contribution in [0.15, 0.2) is 91.0 Å². The summed E-state index contributed by atoms with van der Waals surface area (Å²) in [5, 5.41) is 29.8. The molecule has 8 heteroatoms. The Morgan fingerprint density at radius 1 is 0.826 bits per heavy atom. The van der Waals surface area contributed by atoms with Gasteiger partial charge in [0.2, 0.25) is 11.8 Å². The molecule has 0 saturated carbocycles. The van der Waals surface area contributed by atoms with Gasteiger partial charge in [-0.25, -0.2) is 0 Å². The van der Waals surface area contributed by atoms with E-state index in [4.69, 9.17) is 0 Å². The lowest BCUT2D eigenvalue weighted by Crippen LogP contribution is -2.55. The third-order valence-corrected chi connectivity index (χ3v) is 8.12. The number of hydrogen-bond acceptors (Lipinski definition) is 5. The second kappa shape index (κ2) is 15.1. The summed E-state index contributed by atoms with van der Waals surface area (Å²) in [5.74, 6) is -0.980. The lowest BCUT2D eigenvalue weighted by atomic mass is 9.96. The van der Waals surface area contributed by atoms with E-state index in [1.54, 1.807) is 19.1 Å². The van der Waals surface area contributed by atoms with Gasteiger partial charge in [-0.1, -0.05) is 78.9 Å². The Kier molecular flexibility index (Phi) is 11.2. The normalized spacial score (nSPS) is 13.4. The summed E-state index contributed by atoms with van der Waals surface area (Å²) in [4.78, 5) is 41.7.